The molecule has 30 heavy (non-hydrogen) atoms. The van der Waals surface area contributed by atoms with Crippen molar-refractivity contribution in [2.75, 3.05) is 5.32 Å². The fraction of sp³-hybridized carbons (Fsp3) is 0. The van der Waals surface area contributed by atoms with Gasteiger partial charge in [0.05, 0.1) is 16.2 Å². The van der Waals surface area contributed by atoms with E-state index in [9.17, 15) is 13.2 Å². The number of hydrogen-bond donors (Lipinski definition) is 2. The first-order chi connectivity index (χ1) is 14.3. The number of nitrogens with one attached hydrogen (secondary N) is 1. The number of nitrogens with zero attached hydrogens (tertiary/aromatic N) is 2. The van der Waals surface area contributed by atoms with E-state index >= 15 is 0 Å². The van der Waals surface area contributed by atoms with Crippen molar-refractivity contribution in [2.45, 2.75) is 4.90 Å². The van der Waals surface area contributed by atoms with E-state index in [1.807, 2.05) is 30.3 Å². The number of sulfonamides is 1. The standard InChI is InChI=1S/C21H15ClN4O3S/c22-17-11-14(8-9-19(17)30(23,28)29)21(27)26-15-5-3-4-13(10-15)20-16-6-1-2-7-18(16)24-12-25-20/h1-12H,(H,26,27)(H2,23,28,29). The smallest absolute Gasteiger partial charge is 0.255 e. The monoisotopic (exact) mass is 438 g/mol. The van der Waals surface area contributed by atoms with Crippen LogP contribution in [0.5, 0.6) is 0 Å². The SMILES string of the molecule is NS(=O)(=O)c1ccc(C(=O)Nc2cccc(-c3ncnc4ccccc34)c2)cc1Cl. The van der Waals surface area contributed by atoms with Gasteiger partial charge in [0.1, 0.15) is 11.2 Å². The fourth-order valence-corrected chi connectivity index (χ4v) is 4.15. The zero-order valence-corrected chi connectivity index (χ0v) is 17.0. The highest BCUT2D eigenvalue weighted by Gasteiger charge is 2.16. The summed E-state index contributed by atoms with van der Waals surface area (Å²) in [6.45, 7) is 0. The number of halogens is 1. The molecule has 0 saturated carbocycles. The predicted octanol–water partition coefficient (Wildman–Crippen LogP) is 3.85. The lowest BCUT2D eigenvalue weighted by atomic mass is 10.1. The summed E-state index contributed by atoms with van der Waals surface area (Å²) in [7, 11) is -3.96. The summed E-state index contributed by atoms with van der Waals surface area (Å²) in [6, 6.07) is 18.7. The third kappa shape index (κ3) is 4.02. The lowest BCUT2D eigenvalue weighted by Crippen LogP contribution is -2.15. The molecule has 4 aromatic rings. The molecule has 1 amide bonds. The summed E-state index contributed by atoms with van der Waals surface area (Å²) in [4.78, 5) is 21.0. The minimum Gasteiger partial charge on any atom is -0.322 e. The second kappa shape index (κ2) is 7.83. The van der Waals surface area contributed by atoms with Crippen LogP contribution in [0.15, 0.2) is 78.0 Å². The highest BCUT2D eigenvalue weighted by atomic mass is 35.5. The van der Waals surface area contributed by atoms with Crippen LogP contribution in [0.3, 0.4) is 0 Å². The number of aromatic nitrogens is 2. The van der Waals surface area contributed by atoms with Crippen molar-refractivity contribution in [1.29, 1.82) is 0 Å². The average molecular weight is 439 g/mol. The second-order valence-electron chi connectivity index (χ2n) is 6.46. The molecule has 0 aliphatic rings. The number of para-hydroxylation sites is 1. The van der Waals surface area contributed by atoms with Crippen LogP contribution in [0.4, 0.5) is 5.69 Å². The lowest BCUT2D eigenvalue weighted by molar-refractivity contribution is 0.102. The van der Waals surface area contributed by atoms with E-state index < -0.39 is 15.9 Å². The van der Waals surface area contributed by atoms with Gasteiger partial charge in [0.2, 0.25) is 10.0 Å². The Labute approximate surface area is 177 Å². The zero-order valence-electron chi connectivity index (χ0n) is 15.4. The van der Waals surface area contributed by atoms with Gasteiger partial charge in [0.15, 0.2) is 0 Å². The van der Waals surface area contributed by atoms with Gasteiger partial charge in [-0.3, -0.25) is 4.79 Å². The molecular weight excluding hydrogens is 424 g/mol. The summed E-state index contributed by atoms with van der Waals surface area (Å²) in [6.07, 6.45) is 1.50. The first-order valence-corrected chi connectivity index (χ1v) is 10.7. The van der Waals surface area contributed by atoms with Gasteiger partial charge in [0.25, 0.3) is 5.91 Å². The Balaban J connectivity index is 1.64. The predicted molar refractivity (Wildman–Crippen MR) is 116 cm³/mol. The van der Waals surface area contributed by atoms with Gasteiger partial charge >= 0.3 is 0 Å². The van der Waals surface area contributed by atoms with Crippen LogP contribution in [0.2, 0.25) is 5.02 Å². The molecule has 0 atom stereocenters. The number of anilines is 1. The first-order valence-electron chi connectivity index (χ1n) is 8.77. The van der Waals surface area contributed by atoms with E-state index in [1.54, 1.807) is 18.2 Å². The van der Waals surface area contributed by atoms with Gasteiger partial charge in [-0.05, 0) is 36.4 Å². The quantitative estimate of drug-likeness (QED) is 0.502. The molecule has 0 unspecified atom stereocenters. The molecule has 150 valence electrons. The van der Waals surface area contributed by atoms with Crippen molar-refractivity contribution in [3.8, 4) is 11.3 Å². The normalized spacial score (nSPS) is 11.4. The van der Waals surface area contributed by atoms with E-state index in [4.69, 9.17) is 16.7 Å². The molecule has 7 nitrogen and oxygen atoms in total. The van der Waals surface area contributed by atoms with Crippen LogP contribution in [0.25, 0.3) is 22.2 Å². The summed E-state index contributed by atoms with van der Waals surface area (Å²) >= 11 is 5.97. The number of primary sulfonamides is 1. The molecular formula is C21H15ClN4O3S. The molecule has 3 N–H and O–H groups in total. The molecule has 1 aromatic heterocycles. The number of fused-ring (bicyclic) bond motifs is 1. The summed E-state index contributed by atoms with van der Waals surface area (Å²) < 4.78 is 22.9. The third-order valence-corrected chi connectivity index (χ3v) is 5.83. The number of rotatable bonds is 4. The van der Waals surface area contributed by atoms with Crippen LogP contribution < -0.4 is 10.5 Å². The molecule has 0 aliphatic carbocycles. The molecule has 9 heteroatoms. The Morgan fingerprint density at radius 1 is 0.967 bits per heavy atom. The van der Waals surface area contributed by atoms with Crippen LogP contribution in [0.1, 0.15) is 10.4 Å². The van der Waals surface area contributed by atoms with Crippen LogP contribution >= 0.6 is 11.6 Å². The van der Waals surface area contributed by atoms with Gasteiger partial charge < -0.3 is 5.32 Å². The van der Waals surface area contributed by atoms with E-state index in [1.165, 1.54) is 24.5 Å². The second-order valence-corrected chi connectivity index (χ2v) is 8.40. The molecule has 0 aliphatic heterocycles. The molecule has 4 rings (SSSR count). The molecule has 0 bridgehead atoms. The van der Waals surface area contributed by atoms with Gasteiger partial charge in [-0.1, -0.05) is 41.9 Å². The lowest BCUT2D eigenvalue weighted by Gasteiger charge is -2.10. The zero-order chi connectivity index (χ0) is 21.3. The average Bonchev–Trinajstić information content (AvgIpc) is 2.72. The van der Waals surface area contributed by atoms with Gasteiger partial charge in [0, 0.05) is 22.2 Å². The van der Waals surface area contributed by atoms with E-state index in [0.717, 1.165) is 22.2 Å². The minimum atomic E-state index is -3.96. The Bertz CT molecular complexity index is 1380. The maximum absolute atomic E-state index is 12.6. The number of benzene rings is 3. The van der Waals surface area contributed by atoms with Crippen molar-refractivity contribution < 1.29 is 13.2 Å². The van der Waals surface area contributed by atoms with Gasteiger partial charge in [-0.25, -0.2) is 23.5 Å². The van der Waals surface area contributed by atoms with Crippen LogP contribution in [0, 0.1) is 0 Å². The molecule has 1 heterocycles. The largest absolute Gasteiger partial charge is 0.322 e. The Morgan fingerprint density at radius 2 is 1.77 bits per heavy atom. The Kier molecular flexibility index (Phi) is 5.21. The summed E-state index contributed by atoms with van der Waals surface area (Å²) in [5.74, 6) is -0.442. The van der Waals surface area contributed by atoms with Crippen molar-refractivity contribution in [3.05, 3.63) is 83.6 Å². The molecule has 0 spiro atoms. The van der Waals surface area contributed by atoms with Crippen LogP contribution in [-0.4, -0.2) is 24.3 Å². The topological polar surface area (TPSA) is 115 Å². The van der Waals surface area contributed by atoms with Crippen molar-refractivity contribution in [2.24, 2.45) is 5.14 Å². The molecule has 0 fully saturated rings. The Morgan fingerprint density at radius 3 is 2.53 bits per heavy atom. The third-order valence-electron chi connectivity index (χ3n) is 4.44. The number of hydrogen-bond acceptors (Lipinski definition) is 5. The minimum absolute atomic E-state index is 0.119. The maximum Gasteiger partial charge on any atom is 0.255 e. The van der Waals surface area contributed by atoms with E-state index in [-0.39, 0.29) is 15.5 Å². The highest BCUT2D eigenvalue weighted by Crippen LogP contribution is 2.27. The number of amides is 1. The van der Waals surface area contributed by atoms with E-state index in [0.29, 0.717) is 5.69 Å². The molecule has 0 radical (unpaired) electrons. The van der Waals surface area contributed by atoms with Crippen LogP contribution in [-0.2, 0) is 10.0 Å². The first kappa shape index (κ1) is 20.0. The number of carbonyl (C=O) groups excluding carboxylic acids is 1. The maximum atomic E-state index is 12.6. The van der Waals surface area contributed by atoms with Crippen molar-refractivity contribution in [3.63, 3.8) is 0 Å². The van der Waals surface area contributed by atoms with Gasteiger partial charge in [-0.15, -0.1) is 0 Å². The summed E-state index contributed by atoms with van der Waals surface area (Å²) in [5.41, 5.74) is 3.13. The fourth-order valence-electron chi connectivity index (χ4n) is 3.06. The van der Waals surface area contributed by atoms with E-state index in [2.05, 4.69) is 15.3 Å². The van der Waals surface area contributed by atoms with Crippen molar-refractivity contribution >= 4 is 44.1 Å². The molecule has 0 saturated heterocycles. The number of nitrogens with two attached hydrogens (primary N) is 1. The highest BCUT2D eigenvalue weighted by molar-refractivity contribution is 7.89. The number of carbonyl (C=O) groups is 1. The summed E-state index contributed by atoms with van der Waals surface area (Å²) in [5, 5.41) is 8.65. The molecule has 3 aromatic carbocycles. The van der Waals surface area contributed by atoms with Gasteiger partial charge in [-0.2, -0.15) is 0 Å². The van der Waals surface area contributed by atoms with Crippen molar-refractivity contribution in [1.82, 2.24) is 9.97 Å². The Hall–Kier alpha value is -3.33.